The number of aromatic nitrogens is 1. The monoisotopic (exact) mass is 137 g/mol. The number of aryl methyl sites for hydroxylation is 1. The molecule has 1 atom stereocenters. The Morgan fingerprint density at radius 3 is 2.70 bits per heavy atom. The molecule has 1 aromatic heterocycles. The van der Waals surface area contributed by atoms with Crippen molar-refractivity contribution in [1.29, 1.82) is 0 Å². The normalized spacial score (nSPS) is 13.1. The standard InChI is InChI=1S/C8H11NO/c1-6-8(7(2)10)4-3-5-9-6/h3-5,7,10H,1-2H3/t7-/m0/s1. The highest BCUT2D eigenvalue weighted by Gasteiger charge is 2.02. The molecule has 0 amide bonds. The summed E-state index contributed by atoms with van der Waals surface area (Å²) in [5.74, 6) is 0. The molecule has 0 aliphatic rings. The molecular weight excluding hydrogens is 126 g/mol. The third-order valence-electron chi connectivity index (χ3n) is 1.50. The first kappa shape index (κ1) is 7.22. The van der Waals surface area contributed by atoms with Crippen molar-refractivity contribution in [2.75, 3.05) is 0 Å². The minimum atomic E-state index is -0.409. The van der Waals surface area contributed by atoms with Crippen molar-refractivity contribution < 1.29 is 5.11 Å². The molecule has 0 bridgehead atoms. The predicted molar refractivity (Wildman–Crippen MR) is 39.6 cm³/mol. The summed E-state index contributed by atoms with van der Waals surface area (Å²) in [5.41, 5.74) is 1.81. The lowest BCUT2D eigenvalue weighted by atomic mass is 10.1. The fourth-order valence-electron chi connectivity index (χ4n) is 0.938. The number of hydrogen-bond acceptors (Lipinski definition) is 2. The van der Waals surface area contributed by atoms with Crippen molar-refractivity contribution in [2.45, 2.75) is 20.0 Å². The quantitative estimate of drug-likeness (QED) is 0.635. The molecule has 0 unspecified atom stereocenters. The van der Waals surface area contributed by atoms with Gasteiger partial charge in [0.05, 0.1) is 6.10 Å². The smallest absolute Gasteiger partial charge is 0.0779 e. The van der Waals surface area contributed by atoms with E-state index in [1.807, 2.05) is 19.1 Å². The molecule has 0 saturated carbocycles. The maximum atomic E-state index is 9.16. The van der Waals surface area contributed by atoms with Gasteiger partial charge in [-0.05, 0) is 19.9 Å². The Labute approximate surface area is 60.5 Å². The third-order valence-corrected chi connectivity index (χ3v) is 1.50. The van der Waals surface area contributed by atoms with Crippen LogP contribution >= 0.6 is 0 Å². The van der Waals surface area contributed by atoms with Crippen LogP contribution in [-0.4, -0.2) is 10.1 Å². The van der Waals surface area contributed by atoms with Crippen molar-refractivity contribution in [3.8, 4) is 0 Å². The molecule has 0 aliphatic carbocycles. The molecule has 10 heavy (non-hydrogen) atoms. The molecule has 0 spiro atoms. The van der Waals surface area contributed by atoms with Crippen molar-refractivity contribution >= 4 is 0 Å². The van der Waals surface area contributed by atoms with E-state index in [2.05, 4.69) is 4.98 Å². The highest BCUT2D eigenvalue weighted by molar-refractivity contribution is 5.19. The van der Waals surface area contributed by atoms with Gasteiger partial charge in [-0.15, -0.1) is 0 Å². The Bertz CT molecular complexity index is 220. The van der Waals surface area contributed by atoms with Crippen LogP contribution in [0.2, 0.25) is 0 Å². The number of pyridine rings is 1. The second kappa shape index (κ2) is 2.80. The van der Waals surface area contributed by atoms with Gasteiger partial charge in [0, 0.05) is 17.5 Å². The van der Waals surface area contributed by atoms with Crippen LogP contribution in [0.1, 0.15) is 24.3 Å². The molecule has 54 valence electrons. The molecule has 0 radical (unpaired) electrons. The summed E-state index contributed by atoms with van der Waals surface area (Å²) in [6.07, 6.45) is 1.31. The van der Waals surface area contributed by atoms with Crippen LogP contribution in [-0.2, 0) is 0 Å². The molecular formula is C8H11NO. The second-order valence-electron chi connectivity index (χ2n) is 2.35. The average molecular weight is 137 g/mol. The maximum absolute atomic E-state index is 9.16. The minimum Gasteiger partial charge on any atom is -0.389 e. The lowest BCUT2D eigenvalue weighted by Crippen LogP contribution is -1.95. The Hall–Kier alpha value is -0.890. The van der Waals surface area contributed by atoms with Crippen LogP contribution in [0, 0.1) is 6.92 Å². The summed E-state index contributed by atoms with van der Waals surface area (Å²) in [5, 5.41) is 9.16. The first-order chi connectivity index (χ1) is 4.72. The number of aliphatic hydroxyl groups is 1. The van der Waals surface area contributed by atoms with Gasteiger partial charge in [0.1, 0.15) is 0 Å². The predicted octanol–water partition coefficient (Wildman–Crippen LogP) is 1.44. The highest BCUT2D eigenvalue weighted by atomic mass is 16.3. The molecule has 2 heteroatoms. The maximum Gasteiger partial charge on any atom is 0.0779 e. The van der Waals surface area contributed by atoms with Gasteiger partial charge in [-0.2, -0.15) is 0 Å². The molecule has 1 heterocycles. The van der Waals surface area contributed by atoms with Crippen LogP contribution in [0.25, 0.3) is 0 Å². The summed E-state index contributed by atoms with van der Waals surface area (Å²) in [6, 6.07) is 3.71. The molecule has 0 aliphatic heterocycles. The zero-order valence-corrected chi connectivity index (χ0v) is 6.20. The van der Waals surface area contributed by atoms with E-state index in [-0.39, 0.29) is 0 Å². The first-order valence-electron chi connectivity index (χ1n) is 3.31. The first-order valence-corrected chi connectivity index (χ1v) is 3.31. The molecule has 1 rings (SSSR count). The number of aliphatic hydroxyl groups excluding tert-OH is 1. The van der Waals surface area contributed by atoms with Crippen LogP contribution < -0.4 is 0 Å². The van der Waals surface area contributed by atoms with Crippen molar-refractivity contribution in [1.82, 2.24) is 4.98 Å². The summed E-state index contributed by atoms with van der Waals surface area (Å²) < 4.78 is 0. The van der Waals surface area contributed by atoms with Crippen molar-refractivity contribution in [2.24, 2.45) is 0 Å². The van der Waals surface area contributed by atoms with Gasteiger partial charge in [0.25, 0.3) is 0 Å². The lowest BCUT2D eigenvalue weighted by molar-refractivity contribution is 0.198. The highest BCUT2D eigenvalue weighted by Crippen LogP contribution is 2.13. The second-order valence-corrected chi connectivity index (χ2v) is 2.35. The zero-order valence-electron chi connectivity index (χ0n) is 6.20. The number of hydrogen-bond donors (Lipinski definition) is 1. The molecule has 2 nitrogen and oxygen atoms in total. The van der Waals surface area contributed by atoms with E-state index >= 15 is 0 Å². The zero-order chi connectivity index (χ0) is 7.56. The van der Waals surface area contributed by atoms with E-state index in [1.54, 1.807) is 13.1 Å². The fraction of sp³-hybridized carbons (Fsp3) is 0.375. The molecule has 0 fully saturated rings. The fourth-order valence-corrected chi connectivity index (χ4v) is 0.938. The van der Waals surface area contributed by atoms with Crippen LogP contribution in [0.5, 0.6) is 0 Å². The Balaban J connectivity index is 3.03. The average Bonchev–Trinajstić information content (AvgIpc) is 1.88. The van der Waals surface area contributed by atoms with Crippen molar-refractivity contribution in [3.63, 3.8) is 0 Å². The van der Waals surface area contributed by atoms with Crippen molar-refractivity contribution in [3.05, 3.63) is 29.6 Å². The SMILES string of the molecule is Cc1ncccc1[C@H](C)O. The van der Waals surface area contributed by atoms with E-state index in [0.717, 1.165) is 11.3 Å². The molecule has 1 N–H and O–H groups in total. The third kappa shape index (κ3) is 1.33. The Kier molecular flexibility index (Phi) is 2.02. The molecule has 0 aromatic carbocycles. The topological polar surface area (TPSA) is 33.1 Å². The van der Waals surface area contributed by atoms with Gasteiger partial charge < -0.3 is 5.11 Å². The van der Waals surface area contributed by atoms with Crippen LogP contribution in [0.3, 0.4) is 0 Å². The van der Waals surface area contributed by atoms with E-state index in [1.165, 1.54) is 0 Å². The summed E-state index contributed by atoms with van der Waals surface area (Å²) in [4.78, 5) is 4.04. The Morgan fingerprint density at radius 2 is 2.30 bits per heavy atom. The van der Waals surface area contributed by atoms with Gasteiger partial charge in [0.15, 0.2) is 0 Å². The summed E-state index contributed by atoms with van der Waals surface area (Å²) >= 11 is 0. The molecule has 0 saturated heterocycles. The Morgan fingerprint density at radius 1 is 1.60 bits per heavy atom. The van der Waals surface area contributed by atoms with E-state index in [4.69, 9.17) is 5.11 Å². The summed E-state index contributed by atoms with van der Waals surface area (Å²) in [7, 11) is 0. The lowest BCUT2D eigenvalue weighted by Gasteiger charge is -2.05. The van der Waals surface area contributed by atoms with Crippen LogP contribution in [0.15, 0.2) is 18.3 Å². The van der Waals surface area contributed by atoms with E-state index in [0.29, 0.717) is 0 Å². The number of rotatable bonds is 1. The minimum absolute atomic E-state index is 0.409. The van der Waals surface area contributed by atoms with Gasteiger partial charge in [-0.3, -0.25) is 4.98 Å². The summed E-state index contributed by atoms with van der Waals surface area (Å²) in [6.45, 7) is 3.63. The van der Waals surface area contributed by atoms with E-state index < -0.39 is 6.10 Å². The number of nitrogens with zero attached hydrogens (tertiary/aromatic N) is 1. The van der Waals surface area contributed by atoms with Gasteiger partial charge in [-0.1, -0.05) is 6.07 Å². The van der Waals surface area contributed by atoms with Gasteiger partial charge >= 0.3 is 0 Å². The molecule has 1 aromatic rings. The van der Waals surface area contributed by atoms with E-state index in [9.17, 15) is 0 Å². The van der Waals surface area contributed by atoms with Gasteiger partial charge in [-0.25, -0.2) is 0 Å². The van der Waals surface area contributed by atoms with Crippen LogP contribution in [0.4, 0.5) is 0 Å². The largest absolute Gasteiger partial charge is 0.389 e. The van der Waals surface area contributed by atoms with Gasteiger partial charge in [0.2, 0.25) is 0 Å².